The van der Waals surface area contributed by atoms with Crippen molar-refractivity contribution in [1.82, 2.24) is 0 Å². The molecule has 0 atom stereocenters. The molecule has 0 saturated carbocycles. The van der Waals surface area contributed by atoms with Gasteiger partial charge < -0.3 is 10.2 Å². The predicted molar refractivity (Wildman–Crippen MR) is 10.7 cm³/mol. The molecule has 0 radical (unpaired) electrons. The molecule has 0 aromatic carbocycles. The molecular weight excluding hydrogens is 261 g/mol. The van der Waals surface area contributed by atoms with Crippen molar-refractivity contribution in [3.63, 3.8) is 0 Å². The summed E-state index contributed by atoms with van der Waals surface area (Å²) in [6.45, 7) is 0. The molecule has 0 aliphatic rings. The molecule has 0 unspecified atom stereocenters. The Bertz CT molecular complexity index is 29.9. The molecule has 0 rings (SSSR count). The number of hydrogen-bond acceptors (Lipinski definition) is 1. The predicted octanol–water partition coefficient (Wildman–Crippen LogP) is 0.220. The molecule has 0 aliphatic carbocycles. The number of hydrogen-bond donors (Lipinski definition) is 2. The molecule has 4 heteroatoms. The molecule has 5 heavy (non-hydrogen) atoms. The van der Waals surface area contributed by atoms with Crippen molar-refractivity contribution < 1.29 is 42.7 Å². The molecule has 0 saturated heterocycles. The molecule has 0 aromatic heterocycles. The largest absolute Gasteiger partial charge is 0.503 e. The Balaban J connectivity index is 0. The fraction of sp³-hybridized carbons (Fsp3) is 0. The Morgan fingerprint density at radius 3 is 1.40 bits per heavy atom. The summed E-state index contributed by atoms with van der Waals surface area (Å²) in [6.07, 6.45) is -1.83. The monoisotopic (exact) mass is 264 g/mol. The summed E-state index contributed by atoms with van der Waals surface area (Å²) in [6, 6.07) is 0. The van der Waals surface area contributed by atoms with E-state index in [1.54, 1.807) is 0 Å². The summed E-state index contributed by atoms with van der Waals surface area (Å²) in [5, 5.41) is 13.9. The van der Waals surface area contributed by atoms with Crippen molar-refractivity contribution >= 4 is 6.16 Å². The van der Waals surface area contributed by atoms with Crippen molar-refractivity contribution in [2.75, 3.05) is 0 Å². The first-order chi connectivity index (χ1) is 1.73. The van der Waals surface area contributed by atoms with Gasteiger partial charge in [-0.05, 0) is 0 Å². The second-order valence-corrected chi connectivity index (χ2v) is 0.283. The van der Waals surface area contributed by atoms with E-state index in [0.717, 1.165) is 0 Å². The van der Waals surface area contributed by atoms with Crippen LogP contribution in [0, 0.1) is 0 Å². The van der Waals surface area contributed by atoms with E-state index < -0.39 is 6.16 Å². The van der Waals surface area contributed by atoms with Crippen LogP contribution < -0.4 is 0 Å². The third-order valence-corrected chi connectivity index (χ3v) is 0. The summed E-state index contributed by atoms with van der Waals surface area (Å²) in [4.78, 5) is 8.56. The minimum Gasteiger partial charge on any atom is -0.450 e. The Hall–Kier alpha value is 0.205. The van der Waals surface area contributed by atoms with Crippen LogP contribution in [0.5, 0.6) is 0 Å². The van der Waals surface area contributed by atoms with Crippen LogP contribution in [0.25, 0.3) is 0 Å². The first-order valence-electron chi connectivity index (χ1n) is 0.651. The molecule has 0 aromatic rings. The average Bonchev–Trinajstić information content (AvgIpc) is 0.811. The third kappa shape index (κ3) is 486. The second kappa shape index (κ2) is 4.21. The van der Waals surface area contributed by atoms with Gasteiger partial charge in [-0.25, -0.2) is 4.79 Å². The number of rotatable bonds is 0. The third-order valence-electron chi connectivity index (χ3n) is 0. The first kappa shape index (κ1) is 8.96. The average molecular weight is 263 g/mol. The Morgan fingerprint density at radius 1 is 1.40 bits per heavy atom. The van der Waals surface area contributed by atoms with Gasteiger partial charge in [-0.1, -0.05) is 0 Å². The molecule has 0 spiro atoms. The SMILES string of the molecule is O=C(O)O.[Hg]. The standard InChI is InChI=1S/CH2O3.Hg/c2-1(3)4;/h(H2,2,3,4);. The van der Waals surface area contributed by atoms with Crippen molar-refractivity contribution in [3.05, 3.63) is 0 Å². The fourth-order valence-corrected chi connectivity index (χ4v) is 0. The molecule has 26 valence electrons. The zero-order valence-electron chi connectivity index (χ0n) is 2.51. The number of carbonyl (C=O) groups is 1. The van der Waals surface area contributed by atoms with Gasteiger partial charge >= 0.3 is 6.16 Å². The zero-order chi connectivity index (χ0) is 3.58. The summed E-state index contributed by atoms with van der Waals surface area (Å²) >= 11 is 0. The van der Waals surface area contributed by atoms with Crippen LogP contribution in [0.3, 0.4) is 0 Å². The van der Waals surface area contributed by atoms with E-state index in [4.69, 9.17) is 15.0 Å². The second-order valence-electron chi connectivity index (χ2n) is 0.283. The minimum atomic E-state index is -1.83. The van der Waals surface area contributed by atoms with E-state index in [0.29, 0.717) is 0 Å². The van der Waals surface area contributed by atoms with Gasteiger partial charge in [-0.15, -0.1) is 0 Å². The van der Waals surface area contributed by atoms with E-state index >= 15 is 0 Å². The summed E-state index contributed by atoms with van der Waals surface area (Å²) < 4.78 is 0. The maximum absolute atomic E-state index is 8.56. The van der Waals surface area contributed by atoms with E-state index in [1.165, 1.54) is 0 Å². The van der Waals surface area contributed by atoms with Crippen LogP contribution >= 0.6 is 0 Å². The molecule has 0 heterocycles. The van der Waals surface area contributed by atoms with Gasteiger partial charge in [-0.2, -0.15) is 0 Å². The fourth-order valence-electron chi connectivity index (χ4n) is 0. The molecule has 0 amide bonds. The van der Waals surface area contributed by atoms with Gasteiger partial charge in [0.25, 0.3) is 0 Å². The van der Waals surface area contributed by atoms with E-state index in [1.807, 2.05) is 0 Å². The maximum atomic E-state index is 8.56. The van der Waals surface area contributed by atoms with Crippen molar-refractivity contribution in [1.29, 1.82) is 0 Å². The van der Waals surface area contributed by atoms with Crippen molar-refractivity contribution in [3.8, 4) is 0 Å². The van der Waals surface area contributed by atoms with Crippen LogP contribution in [-0.4, -0.2) is 16.4 Å². The number of carboxylic acid groups (broad SMARTS) is 2. The smallest absolute Gasteiger partial charge is 0.450 e. The molecule has 3 nitrogen and oxygen atoms in total. The van der Waals surface area contributed by atoms with Gasteiger partial charge in [0.2, 0.25) is 0 Å². The molecular formula is CH2HgO3. The van der Waals surface area contributed by atoms with Crippen molar-refractivity contribution in [2.45, 2.75) is 0 Å². The van der Waals surface area contributed by atoms with Gasteiger partial charge in [-0.3, -0.25) is 0 Å². The molecule has 0 aliphatic heterocycles. The quantitative estimate of drug-likeness (QED) is 0.614. The van der Waals surface area contributed by atoms with Crippen LogP contribution in [0.15, 0.2) is 0 Å². The molecule has 2 N–H and O–H groups in total. The van der Waals surface area contributed by atoms with E-state index in [9.17, 15) is 0 Å². The zero-order valence-corrected chi connectivity index (χ0v) is 8.01. The van der Waals surface area contributed by atoms with Gasteiger partial charge in [0.1, 0.15) is 0 Å². The minimum absolute atomic E-state index is 0. The summed E-state index contributed by atoms with van der Waals surface area (Å²) in [7, 11) is 0. The summed E-state index contributed by atoms with van der Waals surface area (Å²) in [5.74, 6) is 0. The Labute approximate surface area is 49.1 Å². The van der Waals surface area contributed by atoms with E-state index in [-0.39, 0.29) is 27.7 Å². The van der Waals surface area contributed by atoms with Crippen LogP contribution in [-0.2, 0) is 27.7 Å². The van der Waals surface area contributed by atoms with Crippen LogP contribution in [0.2, 0.25) is 0 Å². The van der Waals surface area contributed by atoms with Gasteiger partial charge in [0.15, 0.2) is 0 Å². The Morgan fingerprint density at radius 2 is 1.40 bits per heavy atom. The van der Waals surface area contributed by atoms with Crippen LogP contribution in [0.4, 0.5) is 4.79 Å². The Kier molecular flexibility index (Phi) is 7.54. The topological polar surface area (TPSA) is 57.5 Å². The molecule has 0 bridgehead atoms. The maximum Gasteiger partial charge on any atom is 0.503 e. The van der Waals surface area contributed by atoms with Crippen molar-refractivity contribution in [2.24, 2.45) is 0 Å². The van der Waals surface area contributed by atoms with Gasteiger partial charge in [0.05, 0.1) is 0 Å². The molecule has 0 fully saturated rings. The van der Waals surface area contributed by atoms with Gasteiger partial charge in [0, 0.05) is 27.7 Å². The van der Waals surface area contributed by atoms with Crippen LogP contribution in [0.1, 0.15) is 0 Å². The normalized spacial score (nSPS) is 4.80. The summed E-state index contributed by atoms with van der Waals surface area (Å²) in [5.41, 5.74) is 0. The van der Waals surface area contributed by atoms with E-state index in [2.05, 4.69) is 0 Å². The first-order valence-corrected chi connectivity index (χ1v) is 0.651.